The zero-order chi connectivity index (χ0) is 22.7. The van der Waals surface area contributed by atoms with E-state index in [-0.39, 0.29) is 34.1 Å². The second kappa shape index (κ2) is 8.44. The summed E-state index contributed by atoms with van der Waals surface area (Å²) in [6, 6.07) is 9.19. The summed E-state index contributed by atoms with van der Waals surface area (Å²) < 4.78 is 56.4. The number of Topliss-reactive ketones (excluding diaryl/α,β-unsaturated/α-hetero) is 2. The van der Waals surface area contributed by atoms with Gasteiger partial charge in [-0.25, -0.2) is 0 Å². The van der Waals surface area contributed by atoms with Gasteiger partial charge in [-0.1, -0.05) is 0 Å². The lowest BCUT2D eigenvalue weighted by molar-refractivity contribution is -0.204. The van der Waals surface area contributed by atoms with Crippen molar-refractivity contribution in [2.24, 2.45) is 0 Å². The largest absolute Gasteiger partial charge is 0.396 e. The van der Waals surface area contributed by atoms with Crippen LogP contribution in [0.4, 0.5) is 28.9 Å². The Morgan fingerprint density at radius 1 is 0.600 bits per heavy atom. The minimum atomic E-state index is -5.38. The average Bonchev–Trinajstić information content (AvgIpc) is 2.68. The van der Waals surface area contributed by atoms with Gasteiger partial charge in [0.15, 0.2) is 11.6 Å². The second-order valence-electron chi connectivity index (χ2n) is 6.32. The highest BCUT2D eigenvalue weighted by Crippen LogP contribution is 2.36. The highest BCUT2D eigenvalue weighted by Gasteiger charge is 2.67. The molecule has 0 heterocycles. The van der Waals surface area contributed by atoms with Crippen molar-refractivity contribution in [3.63, 3.8) is 0 Å². The van der Waals surface area contributed by atoms with Gasteiger partial charge < -0.3 is 10.6 Å². The van der Waals surface area contributed by atoms with Gasteiger partial charge in [0, 0.05) is 22.5 Å². The number of alkyl halides is 4. The molecular formula is C20H16F4N2O4. The summed E-state index contributed by atoms with van der Waals surface area (Å²) in [5.41, 5.74) is -0.0815. The summed E-state index contributed by atoms with van der Waals surface area (Å²) in [5, 5.41) is 3.19. The number of halogens is 4. The van der Waals surface area contributed by atoms with Crippen molar-refractivity contribution in [2.45, 2.75) is 25.7 Å². The molecule has 2 amide bonds. The van der Waals surface area contributed by atoms with E-state index in [0.29, 0.717) is 0 Å². The highest BCUT2D eigenvalue weighted by atomic mass is 19.3. The number of hydrogen-bond donors (Lipinski definition) is 2. The van der Waals surface area contributed by atoms with Crippen molar-refractivity contribution in [2.75, 3.05) is 10.6 Å². The molecule has 0 unspecified atom stereocenters. The Morgan fingerprint density at radius 2 is 0.867 bits per heavy atom. The molecule has 0 radical (unpaired) electrons. The van der Waals surface area contributed by atoms with Crippen LogP contribution in [0.3, 0.4) is 0 Å². The van der Waals surface area contributed by atoms with Crippen LogP contribution >= 0.6 is 0 Å². The van der Waals surface area contributed by atoms with Crippen LogP contribution in [-0.2, 0) is 9.59 Å². The number of carbonyl (C=O) groups excluding carboxylic acids is 4. The molecule has 2 aromatic carbocycles. The molecule has 158 valence electrons. The molecule has 2 aromatic rings. The van der Waals surface area contributed by atoms with Gasteiger partial charge in [0.2, 0.25) is 0 Å². The SMILES string of the molecule is CC(=O)c1ccc(NC(=O)C(F)(F)C(F)(F)C(=O)Nc2ccc(C(C)=O)cc2)cc1. The number of amides is 2. The molecule has 0 saturated heterocycles. The van der Waals surface area contributed by atoms with E-state index in [9.17, 15) is 36.7 Å². The van der Waals surface area contributed by atoms with Gasteiger partial charge in [-0.05, 0) is 62.4 Å². The number of carbonyl (C=O) groups is 4. The third-order valence-corrected chi connectivity index (χ3v) is 4.06. The summed E-state index contributed by atoms with van der Waals surface area (Å²) in [7, 11) is 0. The average molecular weight is 424 g/mol. The van der Waals surface area contributed by atoms with Gasteiger partial charge in [0.1, 0.15) is 0 Å². The molecule has 0 saturated carbocycles. The van der Waals surface area contributed by atoms with Crippen LogP contribution in [0, 0.1) is 0 Å². The molecule has 0 aliphatic heterocycles. The van der Waals surface area contributed by atoms with E-state index >= 15 is 0 Å². The Kier molecular flexibility index (Phi) is 6.39. The fraction of sp³-hybridized carbons (Fsp3) is 0.200. The number of hydrogen-bond acceptors (Lipinski definition) is 4. The second-order valence-corrected chi connectivity index (χ2v) is 6.32. The van der Waals surface area contributed by atoms with Gasteiger partial charge in [-0.3, -0.25) is 19.2 Å². The van der Waals surface area contributed by atoms with Gasteiger partial charge in [0.05, 0.1) is 0 Å². The third kappa shape index (κ3) is 4.70. The first-order chi connectivity index (χ1) is 13.9. The quantitative estimate of drug-likeness (QED) is 0.520. The van der Waals surface area contributed by atoms with Crippen LogP contribution in [-0.4, -0.2) is 35.2 Å². The lowest BCUT2D eigenvalue weighted by Gasteiger charge is -2.24. The van der Waals surface area contributed by atoms with Crippen molar-refractivity contribution in [1.29, 1.82) is 0 Å². The molecule has 0 spiro atoms. The minimum absolute atomic E-state index is 0.222. The Bertz CT molecular complexity index is 905. The summed E-state index contributed by atoms with van der Waals surface area (Å²) in [4.78, 5) is 45.9. The smallest absolute Gasteiger partial charge is 0.321 e. The van der Waals surface area contributed by atoms with E-state index < -0.39 is 23.7 Å². The van der Waals surface area contributed by atoms with E-state index in [1.165, 1.54) is 38.1 Å². The number of ketones is 2. The normalized spacial score (nSPS) is 11.5. The molecule has 0 atom stereocenters. The first-order valence-electron chi connectivity index (χ1n) is 8.47. The van der Waals surface area contributed by atoms with E-state index in [4.69, 9.17) is 0 Å². The number of benzene rings is 2. The molecule has 2 rings (SSSR count). The maximum absolute atomic E-state index is 14.1. The van der Waals surface area contributed by atoms with Crippen molar-refractivity contribution >= 4 is 34.8 Å². The van der Waals surface area contributed by atoms with Crippen LogP contribution in [0.25, 0.3) is 0 Å². The van der Waals surface area contributed by atoms with Gasteiger partial charge >= 0.3 is 23.7 Å². The summed E-state index contributed by atoms with van der Waals surface area (Å²) >= 11 is 0. The van der Waals surface area contributed by atoms with Crippen molar-refractivity contribution in [3.05, 3.63) is 59.7 Å². The van der Waals surface area contributed by atoms with E-state index in [2.05, 4.69) is 0 Å². The summed E-state index contributed by atoms with van der Waals surface area (Å²) in [6.07, 6.45) is 0. The molecule has 0 aliphatic carbocycles. The highest BCUT2D eigenvalue weighted by molar-refractivity contribution is 6.06. The molecule has 10 heteroatoms. The molecule has 0 bridgehead atoms. The van der Waals surface area contributed by atoms with Crippen LogP contribution in [0.5, 0.6) is 0 Å². The predicted molar refractivity (Wildman–Crippen MR) is 100 cm³/mol. The monoisotopic (exact) mass is 424 g/mol. The first kappa shape index (κ1) is 22.7. The summed E-state index contributed by atoms with van der Waals surface area (Å²) in [6.45, 7) is 2.52. The van der Waals surface area contributed by atoms with Crippen molar-refractivity contribution < 1.29 is 36.7 Å². The third-order valence-electron chi connectivity index (χ3n) is 4.06. The van der Waals surface area contributed by atoms with Crippen LogP contribution in [0.1, 0.15) is 34.6 Å². The topological polar surface area (TPSA) is 92.3 Å². The van der Waals surface area contributed by atoms with Crippen LogP contribution in [0.2, 0.25) is 0 Å². The molecule has 0 fully saturated rings. The fourth-order valence-corrected chi connectivity index (χ4v) is 2.28. The molecule has 0 aromatic heterocycles. The van der Waals surface area contributed by atoms with E-state index in [0.717, 1.165) is 24.3 Å². The van der Waals surface area contributed by atoms with E-state index in [1.807, 2.05) is 0 Å². The zero-order valence-corrected chi connectivity index (χ0v) is 15.8. The number of rotatable bonds is 7. The van der Waals surface area contributed by atoms with Crippen molar-refractivity contribution in [3.8, 4) is 0 Å². The standard InChI is InChI=1S/C20H16F4N2O4/c1-11(27)13-3-7-15(8-4-13)25-17(29)19(21,22)20(23,24)18(30)26-16-9-5-14(6-10-16)12(2)28/h3-10H,1-2H3,(H,25,29)(H,26,30). The Labute approximate surface area is 168 Å². The van der Waals surface area contributed by atoms with Gasteiger partial charge in [0.25, 0.3) is 0 Å². The summed E-state index contributed by atoms with van der Waals surface area (Å²) in [5.74, 6) is -16.2. The maximum Gasteiger partial charge on any atom is 0.396 e. The zero-order valence-electron chi connectivity index (χ0n) is 15.8. The molecule has 0 aliphatic rings. The maximum atomic E-state index is 14.1. The van der Waals surface area contributed by atoms with E-state index in [1.54, 1.807) is 10.6 Å². The van der Waals surface area contributed by atoms with Gasteiger partial charge in [-0.15, -0.1) is 0 Å². The van der Waals surface area contributed by atoms with Gasteiger partial charge in [-0.2, -0.15) is 17.6 Å². The molecule has 2 N–H and O–H groups in total. The Hall–Kier alpha value is -3.56. The molecule has 6 nitrogen and oxygen atoms in total. The minimum Gasteiger partial charge on any atom is -0.321 e. The Balaban J connectivity index is 2.14. The molecule has 30 heavy (non-hydrogen) atoms. The van der Waals surface area contributed by atoms with Crippen LogP contribution in [0.15, 0.2) is 48.5 Å². The lowest BCUT2D eigenvalue weighted by Crippen LogP contribution is -2.56. The molecular weight excluding hydrogens is 408 g/mol. The number of nitrogens with one attached hydrogen (secondary N) is 2. The fourth-order valence-electron chi connectivity index (χ4n) is 2.28. The first-order valence-corrected chi connectivity index (χ1v) is 8.47. The lowest BCUT2D eigenvalue weighted by atomic mass is 10.1. The number of anilines is 2. The Morgan fingerprint density at radius 3 is 1.10 bits per heavy atom. The van der Waals surface area contributed by atoms with Crippen LogP contribution < -0.4 is 10.6 Å². The van der Waals surface area contributed by atoms with Crippen molar-refractivity contribution in [1.82, 2.24) is 0 Å². The predicted octanol–water partition coefficient (Wildman–Crippen LogP) is 3.94.